The Balaban J connectivity index is 2.02. The summed E-state index contributed by atoms with van der Waals surface area (Å²) < 4.78 is 1.33. The molecule has 2 heterocycles. The van der Waals surface area contributed by atoms with Gasteiger partial charge in [0.25, 0.3) is 0 Å². The van der Waals surface area contributed by atoms with E-state index in [0.29, 0.717) is 26.4 Å². The van der Waals surface area contributed by atoms with Gasteiger partial charge in [0, 0.05) is 15.4 Å². The number of hydrogen-bond donors (Lipinski definition) is 2. The number of phenolic OH excluding ortho intramolecular Hbond substituents is 1. The quantitative estimate of drug-likeness (QED) is 0.460. The molecule has 0 saturated heterocycles. The van der Waals surface area contributed by atoms with Crippen molar-refractivity contribution < 1.29 is 10.0 Å². The first kappa shape index (κ1) is 15.1. The van der Waals surface area contributed by atoms with E-state index in [1.54, 1.807) is 17.5 Å². The van der Waals surface area contributed by atoms with Crippen molar-refractivity contribution in [3.05, 3.63) is 42.6 Å². The fraction of sp³-hybridized carbons (Fsp3) is 0. The number of phenols is 1. The summed E-state index contributed by atoms with van der Waals surface area (Å²) in [6.07, 6.45) is 0. The number of nitrogens with zero attached hydrogens (tertiary/aromatic N) is 3. The highest BCUT2D eigenvalue weighted by atomic mass is 79.9. The zero-order chi connectivity index (χ0) is 15.9. The summed E-state index contributed by atoms with van der Waals surface area (Å²) in [5.41, 5.74) is 1.50. The summed E-state index contributed by atoms with van der Waals surface area (Å²) in [6, 6.07) is 4.79. The Morgan fingerprint density at radius 3 is 2.73 bits per heavy atom. The molecule has 0 spiro atoms. The van der Waals surface area contributed by atoms with Crippen molar-refractivity contribution in [2.24, 2.45) is 0 Å². The summed E-state index contributed by atoms with van der Waals surface area (Å²) in [7, 11) is 0. The third-order valence-corrected chi connectivity index (χ3v) is 4.72. The minimum Gasteiger partial charge on any atom is -0.506 e. The van der Waals surface area contributed by atoms with Crippen LogP contribution in [-0.4, -0.2) is 25.2 Å². The van der Waals surface area contributed by atoms with Gasteiger partial charge in [-0.15, -0.1) is 16.4 Å². The van der Waals surface area contributed by atoms with Gasteiger partial charge in [0.2, 0.25) is 0 Å². The third-order valence-electron chi connectivity index (χ3n) is 2.79. The number of aromatic nitrogens is 3. The number of hydrogen-bond acceptors (Lipinski definition) is 6. The van der Waals surface area contributed by atoms with Crippen LogP contribution < -0.4 is 0 Å². The molecule has 3 aromatic rings. The van der Waals surface area contributed by atoms with Crippen molar-refractivity contribution in [3.8, 4) is 27.7 Å². The standard InChI is InChI=1S/C12H6Br2N4O3S/c13-5-1-6(11(19)7(14)2-5)9-4-22-12(15-9)8-3-10(17-16-8)18(20)21/h1-4,19H,(H,16,17). The molecule has 10 heteroatoms. The van der Waals surface area contributed by atoms with E-state index in [2.05, 4.69) is 47.0 Å². The Morgan fingerprint density at radius 2 is 2.05 bits per heavy atom. The van der Waals surface area contributed by atoms with Crippen LogP contribution in [0.2, 0.25) is 0 Å². The van der Waals surface area contributed by atoms with Gasteiger partial charge in [-0.2, -0.15) is 0 Å². The summed E-state index contributed by atoms with van der Waals surface area (Å²) in [5.74, 6) is -0.118. The predicted molar refractivity (Wildman–Crippen MR) is 88.9 cm³/mol. The zero-order valence-electron chi connectivity index (χ0n) is 10.6. The van der Waals surface area contributed by atoms with E-state index in [4.69, 9.17) is 0 Å². The Labute approximate surface area is 144 Å². The normalized spacial score (nSPS) is 10.8. The number of rotatable bonds is 3. The highest BCUT2D eigenvalue weighted by Gasteiger charge is 2.17. The molecule has 2 aromatic heterocycles. The van der Waals surface area contributed by atoms with E-state index in [1.807, 2.05) is 0 Å². The molecule has 0 aliphatic heterocycles. The molecule has 0 amide bonds. The second-order valence-electron chi connectivity index (χ2n) is 4.22. The lowest BCUT2D eigenvalue weighted by atomic mass is 10.1. The minimum atomic E-state index is -0.553. The maximum Gasteiger partial charge on any atom is 0.343 e. The number of aromatic amines is 1. The predicted octanol–water partition coefficient (Wildman–Crippen LogP) is 4.34. The SMILES string of the molecule is O=[N+]([O-])c1cc(-c2nc(-c3cc(Br)cc(Br)c3O)cs2)n[nH]1. The number of nitrogens with one attached hydrogen (secondary N) is 1. The molecular formula is C12H6Br2N4O3S. The second-order valence-corrected chi connectivity index (χ2v) is 6.85. The summed E-state index contributed by atoms with van der Waals surface area (Å²) >= 11 is 7.91. The number of benzene rings is 1. The smallest absolute Gasteiger partial charge is 0.343 e. The fourth-order valence-electron chi connectivity index (χ4n) is 1.79. The van der Waals surface area contributed by atoms with Crippen LogP contribution in [0.25, 0.3) is 22.0 Å². The van der Waals surface area contributed by atoms with Crippen molar-refractivity contribution in [3.63, 3.8) is 0 Å². The lowest BCUT2D eigenvalue weighted by Gasteiger charge is -2.04. The lowest BCUT2D eigenvalue weighted by molar-refractivity contribution is -0.389. The summed E-state index contributed by atoms with van der Waals surface area (Å²) in [5, 5.41) is 29.3. The number of aromatic hydroxyl groups is 1. The van der Waals surface area contributed by atoms with E-state index in [-0.39, 0.29) is 11.6 Å². The molecule has 0 unspecified atom stereocenters. The Morgan fingerprint density at radius 1 is 1.27 bits per heavy atom. The average Bonchev–Trinajstić information content (AvgIpc) is 3.10. The van der Waals surface area contributed by atoms with Gasteiger partial charge in [-0.1, -0.05) is 21.0 Å². The van der Waals surface area contributed by atoms with Crippen molar-refractivity contribution >= 4 is 49.0 Å². The lowest BCUT2D eigenvalue weighted by Crippen LogP contribution is -1.86. The highest BCUT2D eigenvalue weighted by Crippen LogP contribution is 2.39. The molecule has 0 radical (unpaired) electrons. The molecule has 0 saturated carbocycles. The van der Waals surface area contributed by atoms with Crippen LogP contribution in [0.1, 0.15) is 0 Å². The summed E-state index contributed by atoms with van der Waals surface area (Å²) in [4.78, 5) is 14.5. The van der Waals surface area contributed by atoms with E-state index >= 15 is 0 Å². The van der Waals surface area contributed by atoms with Crippen LogP contribution in [0.5, 0.6) is 5.75 Å². The van der Waals surface area contributed by atoms with Crippen molar-refractivity contribution in [2.75, 3.05) is 0 Å². The van der Waals surface area contributed by atoms with Crippen LogP contribution >= 0.6 is 43.2 Å². The first-order valence-corrected chi connectivity index (χ1v) is 8.26. The van der Waals surface area contributed by atoms with E-state index in [0.717, 1.165) is 4.47 Å². The van der Waals surface area contributed by atoms with Gasteiger partial charge in [-0.3, -0.25) is 0 Å². The van der Waals surface area contributed by atoms with E-state index in [1.165, 1.54) is 17.4 Å². The minimum absolute atomic E-state index is 0.0769. The number of halogens is 2. The van der Waals surface area contributed by atoms with Crippen LogP contribution in [-0.2, 0) is 0 Å². The Hall–Kier alpha value is -1.78. The molecule has 3 rings (SSSR count). The molecule has 0 aliphatic carbocycles. The second kappa shape index (κ2) is 5.78. The zero-order valence-corrected chi connectivity index (χ0v) is 14.6. The molecule has 0 aliphatic rings. The van der Waals surface area contributed by atoms with Crippen LogP contribution in [0, 0.1) is 10.1 Å². The third kappa shape index (κ3) is 2.76. The van der Waals surface area contributed by atoms with Gasteiger partial charge in [-0.25, -0.2) is 4.98 Å². The topological polar surface area (TPSA) is 105 Å². The Bertz CT molecular complexity index is 877. The van der Waals surface area contributed by atoms with Gasteiger partial charge in [0.15, 0.2) is 5.69 Å². The van der Waals surface area contributed by atoms with Crippen molar-refractivity contribution in [2.45, 2.75) is 0 Å². The largest absolute Gasteiger partial charge is 0.506 e. The Kier molecular flexibility index (Phi) is 3.98. The molecule has 2 N–H and O–H groups in total. The first-order valence-electron chi connectivity index (χ1n) is 5.80. The average molecular weight is 446 g/mol. The maximum absolute atomic E-state index is 10.7. The molecule has 112 valence electrons. The van der Waals surface area contributed by atoms with Gasteiger partial charge in [-0.05, 0) is 33.0 Å². The highest BCUT2D eigenvalue weighted by molar-refractivity contribution is 9.11. The van der Waals surface area contributed by atoms with Crippen LogP contribution in [0.4, 0.5) is 5.82 Å². The number of nitro groups is 1. The van der Waals surface area contributed by atoms with Crippen LogP contribution in [0.3, 0.4) is 0 Å². The van der Waals surface area contributed by atoms with Gasteiger partial charge in [0.05, 0.1) is 16.2 Å². The molecular weight excluding hydrogens is 440 g/mol. The molecule has 7 nitrogen and oxygen atoms in total. The first-order chi connectivity index (χ1) is 10.5. The fourth-order valence-corrected chi connectivity index (χ4v) is 3.80. The van der Waals surface area contributed by atoms with Gasteiger partial charge >= 0.3 is 5.82 Å². The molecule has 0 atom stereocenters. The number of H-pyrrole nitrogens is 1. The van der Waals surface area contributed by atoms with Crippen molar-refractivity contribution in [1.82, 2.24) is 15.2 Å². The van der Waals surface area contributed by atoms with Gasteiger partial charge in [0.1, 0.15) is 10.8 Å². The molecule has 0 bridgehead atoms. The van der Waals surface area contributed by atoms with Crippen LogP contribution in [0.15, 0.2) is 32.5 Å². The maximum atomic E-state index is 10.7. The molecule has 0 fully saturated rings. The van der Waals surface area contributed by atoms with Gasteiger partial charge < -0.3 is 15.2 Å². The number of thiazole rings is 1. The van der Waals surface area contributed by atoms with Crippen molar-refractivity contribution in [1.29, 1.82) is 0 Å². The monoisotopic (exact) mass is 444 g/mol. The summed E-state index contributed by atoms with van der Waals surface area (Å²) in [6.45, 7) is 0. The molecule has 1 aromatic carbocycles. The van der Waals surface area contributed by atoms with E-state index < -0.39 is 4.92 Å². The van der Waals surface area contributed by atoms with E-state index in [9.17, 15) is 15.2 Å². The molecule has 22 heavy (non-hydrogen) atoms.